The Hall–Kier alpha value is -3.14. The second-order valence-electron chi connectivity index (χ2n) is 13.7. The average molecular weight is 577 g/mol. The summed E-state index contributed by atoms with van der Waals surface area (Å²) < 4.78 is 11.2. The third-order valence-corrected chi connectivity index (χ3v) is 8.26. The van der Waals surface area contributed by atoms with Crippen molar-refractivity contribution < 1.29 is 19.1 Å². The first-order valence-corrected chi connectivity index (χ1v) is 15.3. The summed E-state index contributed by atoms with van der Waals surface area (Å²) >= 11 is 0. The van der Waals surface area contributed by atoms with Crippen molar-refractivity contribution in [1.29, 1.82) is 0 Å². The number of hydrogen-bond donors (Lipinski definition) is 0. The molecule has 0 spiro atoms. The van der Waals surface area contributed by atoms with Crippen LogP contribution in [0.25, 0.3) is 0 Å². The van der Waals surface area contributed by atoms with Gasteiger partial charge >= 0.3 is 11.9 Å². The van der Waals surface area contributed by atoms with Gasteiger partial charge in [0, 0.05) is 23.3 Å². The van der Waals surface area contributed by atoms with Gasteiger partial charge in [-0.2, -0.15) is 0 Å². The van der Waals surface area contributed by atoms with Crippen LogP contribution >= 0.6 is 0 Å². The van der Waals surface area contributed by atoms with Crippen molar-refractivity contribution in [3.8, 4) is 11.5 Å². The van der Waals surface area contributed by atoms with Gasteiger partial charge in [0.15, 0.2) is 0 Å². The Morgan fingerprint density at radius 3 is 1.67 bits per heavy atom. The minimum Gasteiger partial charge on any atom is -0.423 e. The number of carbonyl (C=O) groups is 2. The summed E-state index contributed by atoms with van der Waals surface area (Å²) in [6.45, 7) is 35.1. The maximum absolute atomic E-state index is 11.9. The molecule has 0 fully saturated rings. The van der Waals surface area contributed by atoms with Gasteiger partial charge in [0.2, 0.25) is 0 Å². The molecule has 0 atom stereocenters. The molecule has 2 aromatic carbocycles. The molecule has 0 bridgehead atoms. The van der Waals surface area contributed by atoms with Gasteiger partial charge in [-0.15, -0.1) is 0 Å². The molecule has 0 aliphatic heterocycles. The second kappa shape index (κ2) is 14.8. The van der Waals surface area contributed by atoms with Gasteiger partial charge in [0.25, 0.3) is 0 Å². The lowest BCUT2D eigenvalue weighted by Crippen LogP contribution is -2.23. The molecule has 0 saturated heterocycles. The fourth-order valence-electron chi connectivity index (χ4n) is 4.56. The van der Waals surface area contributed by atoms with Crippen molar-refractivity contribution in [2.75, 3.05) is 0 Å². The second-order valence-corrected chi connectivity index (χ2v) is 13.7. The Bertz CT molecular complexity index is 1270. The molecule has 232 valence electrons. The van der Waals surface area contributed by atoms with E-state index in [0.29, 0.717) is 5.75 Å². The molecule has 0 saturated carbocycles. The summed E-state index contributed by atoms with van der Waals surface area (Å²) in [6, 6.07) is 8.62. The van der Waals surface area contributed by atoms with Gasteiger partial charge in [-0.25, -0.2) is 9.59 Å². The summed E-state index contributed by atoms with van der Waals surface area (Å²) in [5.74, 6) is 0.890. The molecule has 4 nitrogen and oxygen atoms in total. The van der Waals surface area contributed by atoms with E-state index in [-0.39, 0.29) is 22.2 Å². The van der Waals surface area contributed by atoms with Gasteiger partial charge in [0.1, 0.15) is 11.5 Å². The van der Waals surface area contributed by atoms with Gasteiger partial charge in [0.05, 0.1) is 0 Å². The first kappa shape index (κ1) is 36.9. The number of hydrogen-bond acceptors (Lipinski definition) is 4. The Morgan fingerprint density at radius 2 is 1.26 bits per heavy atom. The van der Waals surface area contributed by atoms with Gasteiger partial charge in [-0.1, -0.05) is 126 Å². The van der Waals surface area contributed by atoms with Crippen molar-refractivity contribution >= 4 is 11.9 Å². The minimum absolute atomic E-state index is 0.0628. The van der Waals surface area contributed by atoms with Crippen molar-refractivity contribution in [3.05, 3.63) is 83.0 Å². The van der Waals surface area contributed by atoms with Crippen LogP contribution in [0.2, 0.25) is 0 Å². The van der Waals surface area contributed by atoms with E-state index in [9.17, 15) is 9.59 Å². The fourth-order valence-corrected chi connectivity index (χ4v) is 4.56. The average Bonchev–Trinajstić information content (AvgIpc) is 2.92. The molecule has 0 aliphatic rings. The normalized spacial score (nSPS) is 11.9. The van der Waals surface area contributed by atoms with E-state index in [1.807, 2.05) is 0 Å². The van der Waals surface area contributed by atoms with Crippen LogP contribution in [0.3, 0.4) is 0 Å². The summed E-state index contributed by atoms with van der Waals surface area (Å²) in [5.41, 5.74) is 6.79. The monoisotopic (exact) mass is 576 g/mol. The zero-order valence-electron chi connectivity index (χ0n) is 28.7. The van der Waals surface area contributed by atoms with Crippen molar-refractivity contribution in [3.63, 3.8) is 0 Å². The molecular formula is C38H56O4. The van der Waals surface area contributed by atoms with Crippen LogP contribution in [-0.2, 0) is 32.3 Å². The minimum atomic E-state index is -0.404. The standard InChI is InChI=1S/C22H34O2.C16H22O2/c1-10-19(23)24-20-17(15(4)5)13-16(21(6,7)11-2)14-18(20)22(8,9)12-3;1-7-12-9-11(3)10-13(16(4,5)6)15(12)18-14(17)8-2/h10,13-15H,1,11-12H2,2-9H3;8-10H,2,7H2,1,3-6H3. The SMILES string of the molecule is C=CC(=O)Oc1c(C(C)C)cc(C(C)(C)CC)cc1C(C)(C)CC.C=CC(=O)Oc1c(CC)cc(C)cc1C(C)(C)C. The lowest BCUT2D eigenvalue weighted by molar-refractivity contribution is -0.130. The summed E-state index contributed by atoms with van der Waals surface area (Å²) in [6.07, 6.45) is 5.30. The van der Waals surface area contributed by atoms with E-state index in [1.54, 1.807) is 0 Å². The van der Waals surface area contributed by atoms with Crippen LogP contribution in [0.4, 0.5) is 0 Å². The molecule has 0 unspecified atom stereocenters. The molecule has 4 heteroatoms. The van der Waals surface area contributed by atoms with Gasteiger partial charge < -0.3 is 9.47 Å². The van der Waals surface area contributed by atoms with Crippen molar-refractivity contribution in [2.45, 2.75) is 131 Å². The number of ether oxygens (including phenoxy) is 2. The maximum atomic E-state index is 11.9. The Morgan fingerprint density at radius 1 is 0.762 bits per heavy atom. The van der Waals surface area contributed by atoms with Crippen molar-refractivity contribution in [2.24, 2.45) is 0 Å². The highest BCUT2D eigenvalue weighted by molar-refractivity contribution is 5.84. The third kappa shape index (κ3) is 9.44. The number of esters is 2. The molecule has 0 aromatic heterocycles. The number of carbonyl (C=O) groups excluding carboxylic acids is 2. The first-order valence-electron chi connectivity index (χ1n) is 15.3. The summed E-state index contributed by atoms with van der Waals surface area (Å²) in [5, 5.41) is 0. The summed E-state index contributed by atoms with van der Waals surface area (Å²) in [4.78, 5) is 23.4. The van der Waals surface area contributed by atoms with Crippen LogP contribution < -0.4 is 9.47 Å². The van der Waals surface area contributed by atoms with Crippen LogP contribution in [0.1, 0.15) is 135 Å². The highest BCUT2D eigenvalue weighted by Gasteiger charge is 2.30. The van der Waals surface area contributed by atoms with E-state index in [4.69, 9.17) is 9.47 Å². The molecule has 2 aromatic rings. The third-order valence-electron chi connectivity index (χ3n) is 8.26. The zero-order chi connectivity index (χ0) is 32.6. The van der Waals surface area contributed by atoms with Crippen LogP contribution in [0.15, 0.2) is 49.6 Å². The molecule has 0 radical (unpaired) electrons. The predicted octanol–water partition coefficient (Wildman–Crippen LogP) is 10.2. The topological polar surface area (TPSA) is 52.6 Å². The molecule has 0 aliphatic carbocycles. The van der Waals surface area contributed by atoms with E-state index in [2.05, 4.69) is 127 Å². The molecule has 0 heterocycles. The lowest BCUT2D eigenvalue weighted by atomic mass is 9.74. The Balaban J connectivity index is 0.000000437. The van der Waals surface area contributed by atoms with Gasteiger partial charge in [-0.3, -0.25) is 0 Å². The highest BCUT2D eigenvalue weighted by Crippen LogP contribution is 2.43. The van der Waals surface area contributed by atoms with E-state index < -0.39 is 11.9 Å². The molecular weight excluding hydrogens is 520 g/mol. The molecule has 0 amide bonds. The number of rotatable bonds is 10. The van der Waals surface area contributed by atoms with Crippen LogP contribution in [-0.4, -0.2) is 11.9 Å². The largest absolute Gasteiger partial charge is 0.423 e. The van der Waals surface area contributed by atoms with Crippen molar-refractivity contribution in [1.82, 2.24) is 0 Å². The zero-order valence-corrected chi connectivity index (χ0v) is 28.7. The number of benzene rings is 2. The predicted molar refractivity (Wildman–Crippen MR) is 178 cm³/mol. The Labute approximate surface area is 256 Å². The van der Waals surface area contributed by atoms with E-state index in [0.717, 1.165) is 47.3 Å². The quantitative estimate of drug-likeness (QED) is 0.160. The maximum Gasteiger partial charge on any atom is 0.335 e. The highest BCUT2D eigenvalue weighted by atomic mass is 16.5. The van der Waals surface area contributed by atoms with Gasteiger partial charge in [-0.05, 0) is 65.0 Å². The van der Waals surface area contributed by atoms with E-state index in [1.165, 1.54) is 23.3 Å². The molecule has 42 heavy (non-hydrogen) atoms. The molecule has 2 rings (SSSR count). The molecule has 0 N–H and O–H groups in total. The van der Waals surface area contributed by atoms with Crippen LogP contribution in [0, 0.1) is 6.92 Å². The number of aryl methyl sites for hydroxylation is 2. The fraction of sp³-hybridized carbons (Fsp3) is 0.526. The van der Waals surface area contributed by atoms with Crippen LogP contribution in [0.5, 0.6) is 11.5 Å². The summed E-state index contributed by atoms with van der Waals surface area (Å²) in [7, 11) is 0. The van der Waals surface area contributed by atoms with E-state index >= 15 is 0 Å². The Kier molecular flexibility index (Phi) is 13.0. The first-order chi connectivity index (χ1) is 19.3. The lowest BCUT2D eigenvalue weighted by Gasteiger charge is -2.32. The smallest absolute Gasteiger partial charge is 0.335 e.